The highest BCUT2D eigenvalue weighted by Crippen LogP contribution is 2.45. The monoisotopic (exact) mass is 833 g/mol. The third-order valence-corrected chi connectivity index (χ3v) is 11.5. The molecule has 2 heterocycles. The third kappa shape index (κ3) is 7.34. The average Bonchev–Trinajstić information content (AvgIpc) is 3.67. The number of aryl methyl sites for hydroxylation is 1. The first-order valence-electron chi connectivity index (χ1n) is 20.5. The van der Waals surface area contributed by atoms with Crippen LogP contribution in [0.4, 0.5) is 18.9 Å². The fourth-order valence-corrected chi connectivity index (χ4v) is 8.48. The van der Waals surface area contributed by atoms with Crippen LogP contribution in [0.3, 0.4) is 0 Å². The van der Waals surface area contributed by atoms with Crippen LogP contribution in [-0.4, -0.2) is 14.5 Å². The van der Waals surface area contributed by atoms with Crippen molar-refractivity contribution in [2.24, 2.45) is 0 Å². The topological polar surface area (TPSA) is 58.9 Å². The number of para-hydroxylation sites is 1. The number of alkyl halides is 3. The van der Waals surface area contributed by atoms with Crippen molar-refractivity contribution in [2.75, 3.05) is 0 Å². The predicted molar refractivity (Wildman–Crippen MR) is 250 cm³/mol. The highest BCUT2D eigenvalue weighted by molar-refractivity contribution is 6.12. The Balaban J connectivity index is 1.30. The number of fused-ring (bicyclic) bond motifs is 3. The van der Waals surface area contributed by atoms with Gasteiger partial charge in [-0.1, -0.05) is 127 Å². The Hall–Kier alpha value is -8.59. The van der Waals surface area contributed by atoms with E-state index in [0.29, 0.717) is 39.5 Å². The summed E-state index contributed by atoms with van der Waals surface area (Å²) in [6.45, 7) is 9.40. The molecule has 10 rings (SSSR count). The molecule has 2 aromatic heterocycles. The maximum Gasteiger partial charge on any atom is 0.416 e. The van der Waals surface area contributed by atoms with Gasteiger partial charge in [-0.25, -0.2) is 14.8 Å². The van der Waals surface area contributed by atoms with Gasteiger partial charge >= 0.3 is 6.18 Å². The molecule has 0 N–H and O–H groups in total. The van der Waals surface area contributed by atoms with E-state index in [1.807, 2.05) is 127 Å². The van der Waals surface area contributed by atoms with Crippen LogP contribution in [0.15, 0.2) is 188 Å². The fourth-order valence-electron chi connectivity index (χ4n) is 8.48. The molecule has 0 aliphatic rings. The standard InChI is InChI=1S/C56H34F3N5/c1-35-27-42(29-44(28-35)56(57,58)59)41-23-26-53-49(30-41)46-15-9-10-16-52(46)64(53)54-47(37-19-17-36(34-60)18-20-37)31-43(32-48(54)38-21-24-45(61-2)25-22-38)51-33-50(39-11-5-3-6-12-39)62-55(63-51)40-13-7-4-8-14-40/h3-33H,1H3. The van der Waals surface area contributed by atoms with E-state index in [4.69, 9.17) is 16.5 Å². The van der Waals surface area contributed by atoms with E-state index in [2.05, 4.69) is 33.7 Å². The van der Waals surface area contributed by atoms with Crippen molar-refractivity contribution in [3.63, 3.8) is 0 Å². The molecule has 8 heteroatoms. The second kappa shape index (κ2) is 16.0. The molecule has 0 bridgehead atoms. The summed E-state index contributed by atoms with van der Waals surface area (Å²) in [4.78, 5) is 13.9. The van der Waals surface area contributed by atoms with Gasteiger partial charge in [-0.05, 0) is 95.4 Å². The van der Waals surface area contributed by atoms with Crippen molar-refractivity contribution >= 4 is 27.5 Å². The smallest absolute Gasteiger partial charge is 0.308 e. The molecular weight excluding hydrogens is 800 g/mol. The van der Waals surface area contributed by atoms with Gasteiger partial charge in [0.15, 0.2) is 11.5 Å². The van der Waals surface area contributed by atoms with Crippen molar-refractivity contribution in [1.82, 2.24) is 14.5 Å². The summed E-state index contributed by atoms with van der Waals surface area (Å²) in [7, 11) is 0. The molecule has 0 saturated carbocycles. The van der Waals surface area contributed by atoms with Gasteiger partial charge in [-0.15, -0.1) is 0 Å². The highest BCUT2D eigenvalue weighted by atomic mass is 19.4. The molecular formula is C56H34F3N5. The Morgan fingerprint density at radius 1 is 0.531 bits per heavy atom. The average molecular weight is 834 g/mol. The summed E-state index contributed by atoms with van der Waals surface area (Å²) in [6, 6.07) is 61.4. The molecule has 0 radical (unpaired) electrons. The summed E-state index contributed by atoms with van der Waals surface area (Å²) >= 11 is 0. The lowest BCUT2D eigenvalue weighted by Gasteiger charge is -2.21. The quantitative estimate of drug-likeness (QED) is 0.150. The zero-order chi connectivity index (χ0) is 44.0. The van der Waals surface area contributed by atoms with Crippen molar-refractivity contribution in [1.29, 1.82) is 5.26 Å². The summed E-state index contributed by atoms with van der Waals surface area (Å²) in [5, 5.41) is 11.6. The van der Waals surface area contributed by atoms with Crippen LogP contribution < -0.4 is 0 Å². The normalized spacial score (nSPS) is 11.4. The van der Waals surface area contributed by atoms with Gasteiger partial charge in [-0.2, -0.15) is 18.4 Å². The Morgan fingerprint density at radius 3 is 1.75 bits per heavy atom. The van der Waals surface area contributed by atoms with E-state index >= 15 is 0 Å². The molecule has 0 amide bonds. The highest BCUT2D eigenvalue weighted by Gasteiger charge is 2.31. The number of benzene rings is 8. The molecule has 0 saturated heterocycles. The Labute approximate surface area is 367 Å². The first-order valence-corrected chi connectivity index (χ1v) is 20.5. The van der Waals surface area contributed by atoms with E-state index in [1.54, 1.807) is 37.3 Å². The molecule has 0 aliphatic heterocycles. The molecule has 64 heavy (non-hydrogen) atoms. The molecule has 304 valence electrons. The Morgan fingerprint density at radius 2 is 1.11 bits per heavy atom. The largest absolute Gasteiger partial charge is 0.416 e. The molecule has 0 fully saturated rings. The third-order valence-electron chi connectivity index (χ3n) is 11.5. The van der Waals surface area contributed by atoms with Crippen LogP contribution >= 0.6 is 0 Å². The SMILES string of the molecule is [C-]#[N+]c1ccc(-c2cc(-c3cc(-c4ccccc4)nc(-c4ccccc4)n3)cc(-c3ccc(C#N)cc3)c2-n2c3ccccc3c3cc(-c4cc(C)cc(C(F)(F)F)c4)ccc32)cc1. The van der Waals surface area contributed by atoms with E-state index in [1.165, 1.54) is 12.1 Å². The summed E-state index contributed by atoms with van der Waals surface area (Å²) in [6.07, 6.45) is -4.49. The number of nitriles is 1. The molecule has 5 nitrogen and oxygen atoms in total. The molecule has 10 aromatic rings. The summed E-state index contributed by atoms with van der Waals surface area (Å²) in [5.74, 6) is 0.568. The predicted octanol–water partition coefficient (Wildman–Crippen LogP) is 15.3. The lowest BCUT2D eigenvalue weighted by molar-refractivity contribution is -0.137. The van der Waals surface area contributed by atoms with Crippen LogP contribution in [0.2, 0.25) is 0 Å². The molecule has 0 unspecified atom stereocenters. The Kier molecular flexibility index (Phi) is 9.90. The number of hydrogen-bond donors (Lipinski definition) is 0. The summed E-state index contributed by atoms with van der Waals surface area (Å²) < 4.78 is 44.4. The Bertz CT molecular complexity index is 3350. The first kappa shape index (κ1) is 39.5. The van der Waals surface area contributed by atoms with Gasteiger partial charge in [0, 0.05) is 38.6 Å². The fraction of sp³-hybridized carbons (Fsp3) is 0.0357. The maximum atomic E-state index is 14.0. The van der Waals surface area contributed by atoms with Crippen molar-refractivity contribution < 1.29 is 13.2 Å². The van der Waals surface area contributed by atoms with E-state index in [-0.39, 0.29) is 0 Å². The van der Waals surface area contributed by atoms with Gasteiger partial charge in [0.1, 0.15) is 0 Å². The number of nitrogens with zero attached hydrogens (tertiary/aromatic N) is 5. The van der Waals surface area contributed by atoms with Gasteiger partial charge in [0.2, 0.25) is 0 Å². The van der Waals surface area contributed by atoms with E-state index < -0.39 is 11.7 Å². The van der Waals surface area contributed by atoms with Crippen molar-refractivity contribution in [3.8, 4) is 79.0 Å². The second-order valence-electron chi connectivity index (χ2n) is 15.6. The zero-order valence-corrected chi connectivity index (χ0v) is 34.3. The lowest BCUT2D eigenvalue weighted by atomic mass is 9.91. The van der Waals surface area contributed by atoms with Crippen LogP contribution in [0.5, 0.6) is 0 Å². The number of halogens is 3. The minimum absolute atomic E-state index is 0.476. The number of hydrogen-bond acceptors (Lipinski definition) is 3. The first-order chi connectivity index (χ1) is 31.1. The minimum Gasteiger partial charge on any atom is -0.308 e. The number of aromatic nitrogens is 3. The van der Waals surface area contributed by atoms with Crippen LogP contribution in [0, 0.1) is 24.8 Å². The maximum absolute atomic E-state index is 14.0. The summed E-state index contributed by atoms with van der Waals surface area (Å²) in [5.41, 5.74) is 12.0. The molecule has 0 atom stereocenters. The minimum atomic E-state index is -4.49. The van der Waals surface area contributed by atoms with E-state index in [9.17, 15) is 18.4 Å². The van der Waals surface area contributed by atoms with Crippen LogP contribution in [0.25, 0.3) is 99.6 Å². The van der Waals surface area contributed by atoms with Crippen LogP contribution in [0.1, 0.15) is 16.7 Å². The molecule has 8 aromatic carbocycles. The van der Waals surface area contributed by atoms with E-state index in [0.717, 1.165) is 72.1 Å². The lowest BCUT2D eigenvalue weighted by Crippen LogP contribution is -2.05. The zero-order valence-electron chi connectivity index (χ0n) is 34.3. The van der Waals surface area contributed by atoms with Gasteiger partial charge in [-0.3, -0.25) is 0 Å². The van der Waals surface area contributed by atoms with Crippen molar-refractivity contribution in [2.45, 2.75) is 13.1 Å². The van der Waals surface area contributed by atoms with Gasteiger partial charge in [0.05, 0.1) is 51.9 Å². The van der Waals surface area contributed by atoms with Crippen LogP contribution in [-0.2, 0) is 6.18 Å². The second-order valence-corrected chi connectivity index (χ2v) is 15.6. The molecule has 0 spiro atoms. The van der Waals surface area contributed by atoms with Crippen molar-refractivity contribution in [3.05, 3.63) is 216 Å². The van der Waals surface area contributed by atoms with Gasteiger partial charge < -0.3 is 4.57 Å². The molecule has 0 aliphatic carbocycles. The number of rotatable bonds is 7. The van der Waals surface area contributed by atoms with Gasteiger partial charge in [0.25, 0.3) is 0 Å².